The Labute approximate surface area is 126 Å². The van der Waals surface area contributed by atoms with Crippen LogP contribution in [0.25, 0.3) is 0 Å². The topological polar surface area (TPSA) is 70.7 Å². The van der Waals surface area contributed by atoms with Crippen LogP contribution in [0.4, 0.5) is 0 Å². The molecule has 2 aliphatic rings. The first-order valence-electron chi connectivity index (χ1n) is 8.06. The lowest BCUT2D eigenvalue weighted by Gasteiger charge is -2.29. The number of hydrogen-bond acceptors (Lipinski definition) is 4. The van der Waals surface area contributed by atoms with Crippen molar-refractivity contribution in [2.45, 2.75) is 51.1 Å². The lowest BCUT2D eigenvalue weighted by atomic mass is 9.95. The number of morpholine rings is 1. The molecule has 2 amide bonds. The molecule has 0 radical (unpaired) electrons. The second kappa shape index (κ2) is 8.34. The summed E-state index contributed by atoms with van der Waals surface area (Å²) in [5, 5.41) is 6.07. The highest BCUT2D eigenvalue weighted by Crippen LogP contribution is 2.17. The third kappa shape index (κ3) is 5.28. The summed E-state index contributed by atoms with van der Waals surface area (Å²) < 4.78 is 5.23. The van der Waals surface area contributed by atoms with Crippen molar-refractivity contribution in [2.75, 3.05) is 32.8 Å². The highest BCUT2D eigenvalue weighted by atomic mass is 16.5. The van der Waals surface area contributed by atoms with Gasteiger partial charge in [0.2, 0.25) is 11.8 Å². The second-order valence-electron chi connectivity index (χ2n) is 5.94. The van der Waals surface area contributed by atoms with E-state index in [0.717, 1.165) is 12.8 Å². The minimum Gasteiger partial charge on any atom is -0.378 e. The molecule has 1 unspecified atom stereocenters. The molecule has 0 aromatic carbocycles. The molecule has 1 saturated carbocycles. The van der Waals surface area contributed by atoms with Crippen LogP contribution >= 0.6 is 0 Å². The highest BCUT2D eigenvalue weighted by molar-refractivity contribution is 5.83. The van der Waals surface area contributed by atoms with Gasteiger partial charge in [-0.25, -0.2) is 0 Å². The van der Waals surface area contributed by atoms with Gasteiger partial charge in [-0.2, -0.15) is 0 Å². The fourth-order valence-electron chi connectivity index (χ4n) is 2.92. The van der Waals surface area contributed by atoms with Crippen LogP contribution in [0.5, 0.6) is 0 Å². The predicted octanol–water partition coefficient (Wildman–Crippen LogP) is 0.272. The summed E-state index contributed by atoms with van der Waals surface area (Å²) in [7, 11) is 0. The standard InChI is InChI=1S/C15H27N3O3/c1-12(15(20)18-7-9-21-10-8-18)16-11-14(19)17-13-5-3-2-4-6-13/h12-13,16H,2-11H2,1H3,(H,17,19). The second-order valence-corrected chi connectivity index (χ2v) is 5.94. The number of rotatable bonds is 5. The molecule has 2 fully saturated rings. The maximum atomic E-state index is 12.2. The van der Waals surface area contributed by atoms with E-state index in [1.54, 1.807) is 4.90 Å². The van der Waals surface area contributed by atoms with Gasteiger partial charge >= 0.3 is 0 Å². The van der Waals surface area contributed by atoms with Crippen molar-refractivity contribution in [1.29, 1.82) is 0 Å². The normalized spacial score (nSPS) is 21.9. The van der Waals surface area contributed by atoms with Gasteiger partial charge in [-0.1, -0.05) is 19.3 Å². The van der Waals surface area contributed by atoms with Crippen LogP contribution in [0.3, 0.4) is 0 Å². The zero-order valence-electron chi connectivity index (χ0n) is 12.9. The van der Waals surface area contributed by atoms with E-state index < -0.39 is 0 Å². The first-order valence-corrected chi connectivity index (χ1v) is 8.06. The molecule has 1 aliphatic carbocycles. The molecule has 21 heavy (non-hydrogen) atoms. The predicted molar refractivity (Wildman–Crippen MR) is 79.9 cm³/mol. The maximum absolute atomic E-state index is 12.2. The maximum Gasteiger partial charge on any atom is 0.239 e. The Hall–Kier alpha value is -1.14. The van der Waals surface area contributed by atoms with Gasteiger partial charge in [0.15, 0.2) is 0 Å². The smallest absolute Gasteiger partial charge is 0.239 e. The third-order valence-corrected chi connectivity index (χ3v) is 4.23. The van der Waals surface area contributed by atoms with Crippen molar-refractivity contribution in [3.05, 3.63) is 0 Å². The number of carbonyl (C=O) groups excluding carboxylic acids is 2. The molecule has 1 atom stereocenters. The van der Waals surface area contributed by atoms with E-state index in [0.29, 0.717) is 32.3 Å². The average molecular weight is 297 g/mol. The number of carbonyl (C=O) groups is 2. The van der Waals surface area contributed by atoms with Crippen LogP contribution in [-0.2, 0) is 14.3 Å². The molecule has 1 saturated heterocycles. The Kier molecular flexibility index (Phi) is 6.45. The zero-order valence-corrected chi connectivity index (χ0v) is 12.9. The Bertz CT molecular complexity index is 350. The van der Waals surface area contributed by atoms with Crippen LogP contribution < -0.4 is 10.6 Å². The van der Waals surface area contributed by atoms with Crippen LogP contribution in [0, 0.1) is 0 Å². The summed E-state index contributed by atoms with van der Waals surface area (Å²) in [6.07, 6.45) is 5.83. The first kappa shape index (κ1) is 16.2. The van der Waals surface area contributed by atoms with E-state index in [4.69, 9.17) is 4.74 Å². The lowest BCUT2D eigenvalue weighted by molar-refractivity contribution is -0.137. The van der Waals surface area contributed by atoms with Gasteiger partial charge in [-0.3, -0.25) is 14.9 Å². The lowest BCUT2D eigenvalue weighted by Crippen LogP contribution is -2.51. The summed E-state index contributed by atoms with van der Waals surface area (Å²) in [6, 6.07) is -0.0153. The van der Waals surface area contributed by atoms with E-state index in [1.807, 2.05) is 6.92 Å². The van der Waals surface area contributed by atoms with Gasteiger partial charge in [-0.15, -0.1) is 0 Å². The van der Waals surface area contributed by atoms with Crippen molar-refractivity contribution < 1.29 is 14.3 Å². The molecule has 1 heterocycles. The fourth-order valence-corrected chi connectivity index (χ4v) is 2.92. The molecule has 6 heteroatoms. The molecular formula is C15H27N3O3. The number of ether oxygens (including phenoxy) is 1. The Balaban J connectivity index is 1.66. The Morgan fingerprint density at radius 3 is 2.52 bits per heavy atom. The molecule has 0 aromatic rings. The zero-order chi connectivity index (χ0) is 15.1. The summed E-state index contributed by atoms with van der Waals surface area (Å²) >= 11 is 0. The van der Waals surface area contributed by atoms with E-state index >= 15 is 0 Å². The third-order valence-electron chi connectivity index (χ3n) is 4.23. The largest absolute Gasteiger partial charge is 0.378 e. The van der Waals surface area contributed by atoms with E-state index in [1.165, 1.54) is 19.3 Å². The van der Waals surface area contributed by atoms with Gasteiger partial charge in [0, 0.05) is 19.1 Å². The summed E-state index contributed by atoms with van der Waals surface area (Å²) in [4.78, 5) is 25.9. The van der Waals surface area contributed by atoms with Gasteiger partial charge in [0.05, 0.1) is 25.8 Å². The molecule has 2 rings (SSSR count). The molecule has 0 spiro atoms. The summed E-state index contributed by atoms with van der Waals surface area (Å²) in [5.74, 6) is 0.0345. The number of hydrogen-bond donors (Lipinski definition) is 2. The van der Waals surface area contributed by atoms with Crippen molar-refractivity contribution in [3.8, 4) is 0 Å². The van der Waals surface area contributed by atoms with Gasteiger partial charge in [0.1, 0.15) is 0 Å². The number of nitrogens with zero attached hydrogens (tertiary/aromatic N) is 1. The summed E-state index contributed by atoms with van der Waals surface area (Å²) in [6.45, 7) is 4.49. The molecule has 2 N–H and O–H groups in total. The van der Waals surface area contributed by atoms with Crippen LogP contribution in [0.15, 0.2) is 0 Å². The van der Waals surface area contributed by atoms with Crippen molar-refractivity contribution in [1.82, 2.24) is 15.5 Å². The SMILES string of the molecule is CC(NCC(=O)NC1CCCCC1)C(=O)N1CCOCC1. The molecule has 6 nitrogen and oxygen atoms in total. The van der Waals surface area contributed by atoms with Gasteiger partial charge in [-0.05, 0) is 19.8 Å². The average Bonchev–Trinajstić information content (AvgIpc) is 2.53. The Morgan fingerprint density at radius 1 is 1.19 bits per heavy atom. The highest BCUT2D eigenvalue weighted by Gasteiger charge is 2.23. The number of nitrogens with one attached hydrogen (secondary N) is 2. The quantitative estimate of drug-likeness (QED) is 0.764. The monoisotopic (exact) mass is 297 g/mol. The van der Waals surface area contributed by atoms with Crippen molar-refractivity contribution in [3.63, 3.8) is 0 Å². The minimum atomic E-state index is -0.333. The van der Waals surface area contributed by atoms with E-state index in [2.05, 4.69) is 10.6 Å². The van der Waals surface area contributed by atoms with Crippen molar-refractivity contribution in [2.24, 2.45) is 0 Å². The van der Waals surface area contributed by atoms with Crippen molar-refractivity contribution >= 4 is 11.8 Å². The molecular weight excluding hydrogens is 270 g/mol. The number of amides is 2. The molecule has 0 bridgehead atoms. The minimum absolute atomic E-state index is 0.0106. The fraction of sp³-hybridized carbons (Fsp3) is 0.867. The van der Waals surface area contributed by atoms with Gasteiger partial charge in [0.25, 0.3) is 0 Å². The summed E-state index contributed by atoms with van der Waals surface area (Å²) in [5.41, 5.74) is 0. The molecule has 0 aromatic heterocycles. The van der Waals surface area contributed by atoms with Crippen LogP contribution in [-0.4, -0.2) is 61.6 Å². The van der Waals surface area contributed by atoms with Gasteiger partial charge < -0.3 is 15.0 Å². The van der Waals surface area contributed by atoms with E-state index in [9.17, 15) is 9.59 Å². The Morgan fingerprint density at radius 2 is 1.86 bits per heavy atom. The molecule has 1 aliphatic heterocycles. The van der Waals surface area contributed by atoms with Crippen LogP contribution in [0.2, 0.25) is 0 Å². The van der Waals surface area contributed by atoms with Crippen LogP contribution in [0.1, 0.15) is 39.0 Å². The first-order chi connectivity index (χ1) is 10.2. The molecule has 120 valence electrons. The van der Waals surface area contributed by atoms with E-state index in [-0.39, 0.29) is 24.4 Å².